The van der Waals surface area contributed by atoms with Crippen LogP contribution in [0, 0.1) is 6.92 Å². The van der Waals surface area contributed by atoms with Crippen LogP contribution >= 0.6 is 0 Å². The normalized spacial score (nSPS) is 20.6. The van der Waals surface area contributed by atoms with Gasteiger partial charge in [-0.05, 0) is 62.6 Å². The smallest absolute Gasteiger partial charge is 0.231 e. The summed E-state index contributed by atoms with van der Waals surface area (Å²) in [5.74, 6) is 2.03. The lowest BCUT2D eigenvalue weighted by Crippen LogP contribution is -2.34. The summed E-state index contributed by atoms with van der Waals surface area (Å²) >= 11 is 0. The van der Waals surface area contributed by atoms with Crippen molar-refractivity contribution in [2.75, 3.05) is 5.32 Å². The van der Waals surface area contributed by atoms with Gasteiger partial charge in [0.2, 0.25) is 5.91 Å². The highest BCUT2D eigenvalue weighted by molar-refractivity contribution is 5.91. The Kier molecular flexibility index (Phi) is 5.20. The summed E-state index contributed by atoms with van der Waals surface area (Å²) in [7, 11) is 0. The number of hydrogen-bond acceptors (Lipinski definition) is 4. The minimum Gasteiger partial charge on any atom is -0.488 e. The van der Waals surface area contributed by atoms with Crippen LogP contribution in [-0.2, 0) is 11.2 Å². The third-order valence-electron chi connectivity index (χ3n) is 4.22. The Morgan fingerprint density at radius 1 is 1.21 bits per heavy atom. The molecule has 2 N–H and O–H groups in total. The van der Waals surface area contributed by atoms with E-state index in [1.165, 1.54) is 0 Å². The molecule has 0 unspecified atom stereocenters. The Bertz CT molecular complexity index is 677. The van der Waals surface area contributed by atoms with E-state index in [0.29, 0.717) is 17.2 Å². The number of nitrogens with one attached hydrogen (secondary N) is 1. The summed E-state index contributed by atoms with van der Waals surface area (Å²) in [4.78, 5) is 12.0. The van der Waals surface area contributed by atoms with E-state index in [1.54, 1.807) is 18.2 Å². The molecule has 5 heteroatoms. The molecule has 2 atom stereocenters. The first-order valence-corrected chi connectivity index (χ1v) is 8.40. The van der Waals surface area contributed by atoms with Gasteiger partial charge in [0, 0.05) is 5.69 Å². The third-order valence-corrected chi connectivity index (χ3v) is 4.22. The maximum atomic E-state index is 12.0. The van der Waals surface area contributed by atoms with E-state index in [2.05, 4.69) is 5.32 Å². The fourth-order valence-corrected chi connectivity index (χ4v) is 2.95. The van der Waals surface area contributed by atoms with Crippen LogP contribution in [0.25, 0.3) is 0 Å². The summed E-state index contributed by atoms with van der Waals surface area (Å²) in [6.45, 7) is 1.85. The van der Waals surface area contributed by atoms with Gasteiger partial charge in [0.05, 0.1) is 12.5 Å². The molecule has 0 aliphatic heterocycles. The maximum absolute atomic E-state index is 12.0. The van der Waals surface area contributed by atoms with Gasteiger partial charge in [-0.3, -0.25) is 4.79 Å². The van der Waals surface area contributed by atoms with Gasteiger partial charge in [-0.15, -0.1) is 0 Å². The standard InChI is InChI=1S/C19H23NO4/c1-13-6-9-16(23-13)12-19(22)20-14-7-10-15(11-8-14)24-18-5-3-2-4-17(18)21/h6-11,17-18,21H,2-5,12H2,1H3,(H,20,22)/t17-,18-/m0/s1. The van der Waals surface area contributed by atoms with Crippen LogP contribution in [0.3, 0.4) is 0 Å². The summed E-state index contributed by atoms with van der Waals surface area (Å²) in [5, 5.41) is 12.8. The van der Waals surface area contributed by atoms with Crippen LogP contribution in [0.5, 0.6) is 5.75 Å². The molecule has 3 rings (SSSR count). The van der Waals surface area contributed by atoms with Gasteiger partial charge in [-0.1, -0.05) is 6.42 Å². The quantitative estimate of drug-likeness (QED) is 0.881. The SMILES string of the molecule is Cc1ccc(CC(=O)Nc2ccc(O[C@H]3CCCC[C@@H]3O)cc2)o1. The van der Waals surface area contributed by atoms with Gasteiger partial charge in [-0.2, -0.15) is 0 Å². The van der Waals surface area contributed by atoms with E-state index in [9.17, 15) is 9.90 Å². The van der Waals surface area contributed by atoms with Gasteiger partial charge in [0.1, 0.15) is 23.4 Å². The molecule has 0 spiro atoms. The zero-order valence-electron chi connectivity index (χ0n) is 13.8. The topological polar surface area (TPSA) is 71.7 Å². The van der Waals surface area contributed by atoms with E-state index in [0.717, 1.165) is 31.4 Å². The number of rotatable bonds is 5. The second-order valence-corrected chi connectivity index (χ2v) is 6.27. The highest BCUT2D eigenvalue weighted by atomic mass is 16.5. The highest BCUT2D eigenvalue weighted by Crippen LogP contribution is 2.25. The first kappa shape index (κ1) is 16.6. The molecule has 0 radical (unpaired) electrons. The molecule has 1 fully saturated rings. The van der Waals surface area contributed by atoms with E-state index in [1.807, 2.05) is 25.1 Å². The molecule has 1 aromatic heterocycles. The van der Waals surface area contributed by atoms with Crippen molar-refractivity contribution in [2.24, 2.45) is 0 Å². The number of carbonyl (C=O) groups is 1. The fourth-order valence-electron chi connectivity index (χ4n) is 2.95. The largest absolute Gasteiger partial charge is 0.488 e. The molecule has 1 aliphatic rings. The molecule has 1 aliphatic carbocycles. The van der Waals surface area contributed by atoms with Crippen molar-refractivity contribution in [3.8, 4) is 5.75 Å². The maximum Gasteiger partial charge on any atom is 0.231 e. The Labute approximate surface area is 141 Å². The molecule has 128 valence electrons. The summed E-state index contributed by atoms with van der Waals surface area (Å²) < 4.78 is 11.2. The van der Waals surface area contributed by atoms with Crippen LogP contribution in [-0.4, -0.2) is 23.2 Å². The molecule has 1 heterocycles. The minimum absolute atomic E-state index is 0.124. The average molecular weight is 329 g/mol. The summed E-state index contributed by atoms with van der Waals surface area (Å²) in [5.41, 5.74) is 0.708. The van der Waals surface area contributed by atoms with Gasteiger partial charge < -0.3 is 19.6 Å². The minimum atomic E-state index is -0.394. The van der Waals surface area contributed by atoms with Crippen molar-refractivity contribution >= 4 is 11.6 Å². The zero-order valence-corrected chi connectivity index (χ0v) is 13.8. The second kappa shape index (κ2) is 7.53. The number of benzene rings is 1. The Balaban J connectivity index is 1.53. The molecule has 5 nitrogen and oxygen atoms in total. The van der Waals surface area contributed by atoms with Gasteiger partial charge >= 0.3 is 0 Å². The molecule has 2 aromatic rings. The molecule has 1 amide bonds. The molecule has 1 saturated carbocycles. The highest BCUT2D eigenvalue weighted by Gasteiger charge is 2.24. The molecule has 1 aromatic carbocycles. The number of amides is 1. The van der Waals surface area contributed by atoms with E-state index >= 15 is 0 Å². The molecule has 24 heavy (non-hydrogen) atoms. The Morgan fingerprint density at radius 3 is 2.62 bits per heavy atom. The lowest BCUT2D eigenvalue weighted by molar-refractivity contribution is -0.115. The Hall–Kier alpha value is -2.27. The number of carbonyl (C=O) groups excluding carboxylic acids is 1. The first-order chi connectivity index (χ1) is 11.6. The molecular formula is C19H23NO4. The number of aryl methyl sites for hydroxylation is 1. The van der Waals surface area contributed by atoms with Crippen molar-refractivity contribution in [2.45, 2.75) is 51.2 Å². The van der Waals surface area contributed by atoms with Crippen molar-refractivity contribution < 1.29 is 19.1 Å². The number of anilines is 1. The summed E-state index contributed by atoms with van der Waals surface area (Å²) in [6.07, 6.45) is 3.49. The van der Waals surface area contributed by atoms with Gasteiger partial charge in [0.15, 0.2) is 0 Å². The first-order valence-electron chi connectivity index (χ1n) is 8.40. The predicted molar refractivity (Wildman–Crippen MR) is 91.1 cm³/mol. The van der Waals surface area contributed by atoms with Gasteiger partial charge in [-0.25, -0.2) is 0 Å². The predicted octanol–water partition coefficient (Wildman–Crippen LogP) is 3.45. The fraction of sp³-hybridized carbons (Fsp3) is 0.421. The number of furan rings is 1. The zero-order chi connectivity index (χ0) is 16.9. The van der Waals surface area contributed by atoms with Crippen LogP contribution in [0.15, 0.2) is 40.8 Å². The summed E-state index contributed by atoms with van der Waals surface area (Å²) in [6, 6.07) is 10.9. The second-order valence-electron chi connectivity index (χ2n) is 6.27. The third kappa shape index (κ3) is 4.38. The van der Waals surface area contributed by atoms with Crippen molar-refractivity contribution in [3.63, 3.8) is 0 Å². The van der Waals surface area contributed by atoms with E-state index in [-0.39, 0.29) is 18.4 Å². The van der Waals surface area contributed by atoms with Crippen LogP contribution in [0.4, 0.5) is 5.69 Å². The lowest BCUT2D eigenvalue weighted by atomic mass is 9.95. The number of aliphatic hydroxyl groups excluding tert-OH is 1. The van der Waals surface area contributed by atoms with E-state index < -0.39 is 6.10 Å². The van der Waals surface area contributed by atoms with Crippen LogP contribution in [0.2, 0.25) is 0 Å². The number of aliphatic hydroxyl groups is 1. The monoisotopic (exact) mass is 329 g/mol. The molecular weight excluding hydrogens is 306 g/mol. The van der Waals surface area contributed by atoms with Crippen molar-refractivity contribution in [1.29, 1.82) is 0 Å². The Morgan fingerprint density at radius 2 is 1.96 bits per heavy atom. The molecule has 0 saturated heterocycles. The lowest BCUT2D eigenvalue weighted by Gasteiger charge is -2.28. The van der Waals surface area contributed by atoms with Gasteiger partial charge in [0.25, 0.3) is 0 Å². The number of ether oxygens (including phenoxy) is 1. The van der Waals surface area contributed by atoms with Crippen LogP contribution < -0.4 is 10.1 Å². The average Bonchev–Trinajstić information content (AvgIpc) is 2.96. The molecule has 0 bridgehead atoms. The van der Waals surface area contributed by atoms with Crippen molar-refractivity contribution in [3.05, 3.63) is 47.9 Å². The van der Waals surface area contributed by atoms with E-state index in [4.69, 9.17) is 9.15 Å². The van der Waals surface area contributed by atoms with Crippen LogP contribution in [0.1, 0.15) is 37.2 Å². The number of hydrogen-bond donors (Lipinski definition) is 2. The van der Waals surface area contributed by atoms with Crippen molar-refractivity contribution in [1.82, 2.24) is 0 Å².